The van der Waals surface area contributed by atoms with E-state index in [1.165, 1.54) is 4.57 Å². The fourth-order valence-corrected chi connectivity index (χ4v) is 2.39. The van der Waals surface area contributed by atoms with Gasteiger partial charge < -0.3 is 9.88 Å². The molecule has 1 fully saturated rings. The first-order valence-corrected chi connectivity index (χ1v) is 5.78. The summed E-state index contributed by atoms with van der Waals surface area (Å²) in [6, 6.07) is 4.16. The Kier molecular flexibility index (Phi) is 2.44. The second kappa shape index (κ2) is 4.08. The van der Waals surface area contributed by atoms with E-state index in [2.05, 4.69) is 9.97 Å². The number of likely N-dealkylation sites (tertiary alicyclic amines) is 1. The number of nitrogens with zero attached hydrogens (tertiary/aromatic N) is 3. The summed E-state index contributed by atoms with van der Waals surface area (Å²) in [6.07, 6.45) is 8.81. The summed E-state index contributed by atoms with van der Waals surface area (Å²) in [6.45, 7) is 0.806. The monoisotopic (exact) mass is 230 g/mol. The van der Waals surface area contributed by atoms with E-state index < -0.39 is 0 Å². The zero-order valence-corrected chi connectivity index (χ0v) is 9.41. The molecule has 5 heteroatoms. The summed E-state index contributed by atoms with van der Waals surface area (Å²) in [5.41, 5.74) is 1.11. The minimum absolute atomic E-state index is 0.000370. The second-order valence-corrected chi connectivity index (χ2v) is 4.23. The van der Waals surface area contributed by atoms with Crippen LogP contribution in [0.3, 0.4) is 0 Å². The molecule has 0 spiro atoms. The van der Waals surface area contributed by atoms with E-state index in [0.29, 0.717) is 0 Å². The van der Waals surface area contributed by atoms with Crippen LogP contribution in [0.15, 0.2) is 37.1 Å². The van der Waals surface area contributed by atoms with Crippen molar-refractivity contribution in [3.8, 4) is 0 Å². The van der Waals surface area contributed by atoms with Crippen molar-refractivity contribution in [2.24, 2.45) is 0 Å². The van der Waals surface area contributed by atoms with E-state index in [1.807, 2.05) is 23.2 Å². The van der Waals surface area contributed by atoms with Crippen LogP contribution in [0, 0.1) is 0 Å². The third-order valence-electron chi connectivity index (χ3n) is 3.20. The largest absolute Gasteiger partial charge is 0.363 e. The van der Waals surface area contributed by atoms with Gasteiger partial charge in [-0.1, -0.05) is 0 Å². The minimum atomic E-state index is -0.000370. The molecule has 0 radical (unpaired) electrons. The lowest BCUT2D eigenvalue weighted by atomic mass is 10.1. The van der Waals surface area contributed by atoms with Crippen molar-refractivity contribution in [2.75, 3.05) is 6.54 Å². The molecule has 17 heavy (non-hydrogen) atoms. The summed E-state index contributed by atoms with van der Waals surface area (Å²) in [7, 11) is 0. The number of imidazole rings is 1. The van der Waals surface area contributed by atoms with Crippen molar-refractivity contribution >= 4 is 6.03 Å². The topological polar surface area (TPSA) is 53.9 Å². The molecule has 3 rings (SSSR count). The number of aromatic amines is 1. The number of rotatable bonds is 1. The van der Waals surface area contributed by atoms with Crippen LogP contribution >= 0.6 is 0 Å². The molecule has 2 aromatic heterocycles. The van der Waals surface area contributed by atoms with Crippen LogP contribution in [0.25, 0.3) is 0 Å². The highest BCUT2D eigenvalue weighted by atomic mass is 16.2. The molecule has 1 unspecified atom stereocenters. The second-order valence-electron chi connectivity index (χ2n) is 4.23. The van der Waals surface area contributed by atoms with Crippen LogP contribution in [-0.2, 0) is 0 Å². The Labute approximate surface area is 99.1 Å². The molecule has 1 amide bonds. The van der Waals surface area contributed by atoms with Crippen LogP contribution in [0.4, 0.5) is 4.79 Å². The zero-order valence-electron chi connectivity index (χ0n) is 9.41. The van der Waals surface area contributed by atoms with Gasteiger partial charge in [-0.3, -0.25) is 4.57 Å². The highest BCUT2D eigenvalue weighted by Gasteiger charge is 2.31. The Morgan fingerprint density at radius 3 is 3.18 bits per heavy atom. The van der Waals surface area contributed by atoms with Crippen molar-refractivity contribution in [2.45, 2.75) is 18.9 Å². The number of amides is 1. The highest BCUT2D eigenvalue weighted by molar-refractivity contribution is 5.77. The van der Waals surface area contributed by atoms with Gasteiger partial charge in [0, 0.05) is 30.8 Å². The number of H-pyrrole nitrogens is 1. The van der Waals surface area contributed by atoms with Gasteiger partial charge in [0.2, 0.25) is 0 Å². The molecule has 1 saturated heterocycles. The molecule has 0 bridgehead atoms. The van der Waals surface area contributed by atoms with Gasteiger partial charge in [0.1, 0.15) is 6.33 Å². The van der Waals surface area contributed by atoms with E-state index in [-0.39, 0.29) is 12.1 Å². The molecule has 0 aliphatic carbocycles. The van der Waals surface area contributed by atoms with E-state index in [4.69, 9.17) is 0 Å². The number of carbonyl (C=O) groups is 1. The van der Waals surface area contributed by atoms with Gasteiger partial charge in [0.15, 0.2) is 0 Å². The van der Waals surface area contributed by atoms with Crippen molar-refractivity contribution < 1.29 is 4.79 Å². The van der Waals surface area contributed by atoms with Crippen LogP contribution in [-0.4, -0.2) is 32.0 Å². The molecular formula is C12H14N4O. The molecule has 1 aliphatic rings. The summed E-state index contributed by atoms with van der Waals surface area (Å²) < 4.78 is 1.53. The van der Waals surface area contributed by atoms with Gasteiger partial charge in [-0.05, 0) is 25.0 Å². The van der Waals surface area contributed by atoms with E-state index in [9.17, 15) is 4.79 Å². The normalized spacial score (nSPS) is 19.8. The maximum atomic E-state index is 12.2. The maximum absolute atomic E-state index is 12.2. The lowest BCUT2D eigenvalue weighted by Crippen LogP contribution is -2.33. The molecule has 2 aromatic rings. The Hall–Kier alpha value is -2.04. The SMILES string of the molecule is O=C(N1CCCC1c1ccc[nH]1)n1ccnc1. The van der Waals surface area contributed by atoms with Gasteiger partial charge in [0.25, 0.3) is 0 Å². The smallest absolute Gasteiger partial charge is 0.329 e. The van der Waals surface area contributed by atoms with Crippen LogP contribution in [0.5, 0.6) is 0 Å². The van der Waals surface area contributed by atoms with Gasteiger partial charge in [-0.2, -0.15) is 0 Å². The Balaban J connectivity index is 1.85. The van der Waals surface area contributed by atoms with Crippen LogP contribution < -0.4 is 0 Å². The average molecular weight is 230 g/mol. The first-order chi connectivity index (χ1) is 8.36. The van der Waals surface area contributed by atoms with Crippen molar-refractivity contribution in [1.29, 1.82) is 0 Å². The Bertz CT molecular complexity index is 489. The maximum Gasteiger partial charge on any atom is 0.329 e. The molecule has 88 valence electrons. The van der Waals surface area contributed by atoms with E-state index in [0.717, 1.165) is 25.1 Å². The summed E-state index contributed by atoms with van der Waals surface area (Å²) >= 11 is 0. The number of aromatic nitrogens is 3. The molecule has 1 aliphatic heterocycles. The van der Waals surface area contributed by atoms with Gasteiger partial charge >= 0.3 is 6.03 Å². The summed E-state index contributed by atoms with van der Waals surface area (Å²) in [5.74, 6) is 0. The number of hydrogen-bond acceptors (Lipinski definition) is 2. The van der Waals surface area contributed by atoms with Crippen LogP contribution in [0.1, 0.15) is 24.6 Å². The van der Waals surface area contributed by atoms with Gasteiger partial charge in [-0.25, -0.2) is 9.78 Å². The van der Waals surface area contributed by atoms with Crippen molar-refractivity contribution in [3.05, 3.63) is 42.7 Å². The average Bonchev–Trinajstić information content (AvgIpc) is 3.09. The van der Waals surface area contributed by atoms with E-state index in [1.54, 1.807) is 18.7 Å². The van der Waals surface area contributed by atoms with Gasteiger partial charge in [0.05, 0.1) is 6.04 Å². The van der Waals surface area contributed by atoms with Crippen molar-refractivity contribution in [3.63, 3.8) is 0 Å². The third-order valence-corrected chi connectivity index (χ3v) is 3.20. The molecule has 1 atom stereocenters. The van der Waals surface area contributed by atoms with Crippen molar-refractivity contribution in [1.82, 2.24) is 19.4 Å². The minimum Gasteiger partial charge on any atom is -0.363 e. The number of hydrogen-bond donors (Lipinski definition) is 1. The molecule has 0 saturated carbocycles. The number of nitrogens with one attached hydrogen (secondary N) is 1. The molecule has 3 heterocycles. The standard InChI is InChI=1S/C12H14N4O/c17-12(15-8-6-13-9-15)16-7-2-4-11(16)10-3-1-5-14-10/h1,3,5-6,8-9,11,14H,2,4,7H2. The lowest BCUT2D eigenvalue weighted by molar-refractivity contribution is 0.194. The summed E-state index contributed by atoms with van der Waals surface area (Å²) in [4.78, 5) is 21.2. The number of carbonyl (C=O) groups excluding carboxylic acids is 1. The van der Waals surface area contributed by atoms with E-state index >= 15 is 0 Å². The summed E-state index contributed by atoms with van der Waals surface area (Å²) in [5, 5.41) is 0. The Morgan fingerprint density at radius 1 is 1.53 bits per heavy atom. The first-order valence-electron chi connectivity index (χ1n) is 5.78. The molecule has 0 aromatic carbocycles. The fraction of sp³-hybridized carbons (Fsp3) is 0.333. The fourth-order valence-electron chi connectivity index (χ4n) is 2.39. The van der Waals surface area contributed by atoms with Gasteiger partial charge in [-0.15, -0.1) is 0 Å². The predicted molar refractivity (Wildman–Crippen MR) is 62.5 cm³/mol. The highest BCUT2D eigenvalue weighted by Crippen LogP contribution is 2.31. The third kappa shape index (κ3) is 1.73. The Morgan fingerprint density at radius 2 is 2.47 bits per heavy atom. The predicted octanol–water partition coefficient (Wildman–Crippen LogP) is 2.02. The lowest BCUT2D eigenvalue weighted by Gasteiger charge is -2.23. The molecular weight excluding hydrogens is 216 g/mol. The first kappa shape index (κ1) is 10.1. The molecule has 5 nitrogen and oxygen atoms in total. The zero-order chi connectivity index (χ0) is 11.7. The quantitative estimate of drug-likeness (QED) is 0.814. The van der Waals surface area contributed by atoms with Crippen LogP contribution in [0.2, 0.25) is 0 Å². The molecule has 1 N–H and O–H groups in total.